The van der Waals surface area contributed by atoms with Gasteiger partial charge in [-0.3, -0.25) is 4.79 Å². The van der Waals surface area contributed by atoms with Crippen molar-refractivity contribution in [3.63, 3.8) is 0 Å². The zero-order valence-electron chi connectivity index (χ0n) is 23.1. The molecule has 1 aromatic carbocycles. The Labute approximate surface area is 235 Å². The van der Waals surface area contributed by atoms with Crippen LogP contribution in [0.5, 0.6) is 5.88 Å². The Balaban J connectivity index is 1.16. The molecule has 1 atom stereocenters. The van der Waals surface area contributed by atoms with E-state index in [1.807, 2.05) is 24.3 Å². The summed E-state index contributed by atoms with van der Waals surface area (Å²) in [6, 6.07) is 17.6. The summed E-state index contributed by atoms with van der Waals surface area (Å²) >= 11 is 0. The number of nitrogen functional groups attached to an aromatic ring is 1. The third kappa shape index (κ3) is 7.00. The highest BCUT2D eigenvalue weighted by Crippen LogP contribution is 2.36. The van der Waals surface area contributed by atoms with Crippen molar-refractivity contribution in [1.29, 1.82) is 0 Å². The van der Waals surface area contributed by atoms with Gasteiger partial charge in [-0.05, 0) is 67.0 Å². The van der Waals surface area contributed by atoms with Crippen LogP contribution in [0.25, 0.3) is 11.3 Å². The van der Waals surface area contributed by atoms with Crippen LogP contribution in [0.2, 0.25) is 0 Å². The molecule has 3 N–H and O–H groups in total. The van der Waals surface area contributed by atoms with Crippen LogP contribution in [0, 0.1) is 5.41 Å². The molecule has 0 radical (unpaired) electrons. The number of benzene rings is 1. The molecule has 2 aromatic heterocycles. The Hall–Kier alpha value is -4.33. The van der Waals surface area contributed by atoms with E-state index in [9.17, 15) is 4.79 Å². The second kappa shape index (κ2) is 12.2. The van der Waals surface area contributed by atoms with Crippen LogP contribution >= 0.6 is 0 Å². The number of allylic oxidation sites excluding steroid dienone is 2. The van der Waals surface area contributed by atoms with Gasteiger partial charge in [-0.15, -0.1) is 0 Å². The third-order valence-corrected chi connectivity index (χ3v) is 7.18. The molecule has 1 unspecified atom stereocenters. The minimum absolute atomic E-state index is 0.0532. The normalized spacial score (nSPS) is 16.2. The van der Waals surface area contributed by atoms with E-state index < -0.39 is 0 Å². The largest absolute Gasteiger partial charge is 0.478 e. The van der Waals surface area contributed by atoms with Crippen LogP contribution in [0.15, 0.2) is 84.5 Å². The molecule has 3 aromatic rings. The lowest BCUT2D eigenvalue weighted by Crippen LogP contribution is -2.34. The summed E-state index contributed by atoms with van der Waals surface area (Å²) in [6.45, 7) is 5.72. The summed E-state index contributed by atoms with van der Waals surface area (Å²) in [4.78, 5) is 21.2. The van der Waals surface area contributed by atoms with Gasteiger partial charge in [-0.1, -0.05) is 44.2 Å². The van der Waals surface area contributed by atoms with E-state index in [0.717, 1.165) is 54.0 Å². The monoisotopic (exact) mass is 540 g/mol. The summed E-state index contributed by atoms with van der Waals surface area (Å²) < 4.78 is 17.3. The summed E-state index contributed by atoms with van der Waals surface area (Å²) in [7, 11) is 0. The average Bonchev–Trinajstić information content (AvgIpc) is 3.45. The van der Waals surface area contributed by atoms with Gasteiger partial charge in [0.15, 0.2) is 11.5 Å². The van der Waals surface area contributed by atoms with Gasteiger partial charge in [0.1, 0.15) is 5.82 Å². The first-order chi connectivity index (χ1) is 19.4. The topological polar surface area (TPSA) is 109 Å². The predicted molar refractivity (Wildman–Crippen MR) is 154 cm³/mol. The number of fused-ring (bicyclic) bond motifs is 1. The molecule has 3 heterocycles. The number of carbonyl (C=O) groups is 1. The van der Waals surface area contributed by atoms with Crippen LogP contribution in [0.3, 0.4) is 0 Å². The number of rotatable bonds is 11. The highest BCUT2D eigenvalue weighted by molar-refractivity contribution is 5.94. The molecule has 208 valence electrons. The molecule has 0 spiro atoms. The fourth-order valence-electron chi connectivity index (χ4n) is 4.81. The Kier molecular flexibility index (Phi) is 8.34. The number of anilines is 1. The van der Waals surface area contributed by atoms with Crippen molar-refractivity contribution in [2.75, 3.05) is 25.7 Å². The van der Waals surface area contributed by atoms with Gasteiger partial charge < -0.3 is 25.3 Å². The molecule has 5 rings (SSSR count). The fourth-order valence-corrected chi connectivity index (χ4v) is 4.81. The number of unbranched alkanes of at least 4 members (excludes halogenated alkanes) is 1. The summed E-state index contributed by atoms with van der Waals surface area (Å²) in [5, 5.41) is 3.01. The predicted octanol–water partition coefficient (Wildman–Crippen LogP) is 5.99. The van der Waals surface area contributed by atoms with Gasteiger partial charge >= 0.3 is 0 Å². The number of ether oxygens (including phenoxy) is 3. The zero-order valence-corrected chi connectivity index (χ0v) is 23.1. The van der Waals surface area contributed by atoms with Crippen molar-refractivity contribution >= 4 is 11.7 Å². The van der Waals surface area contributed by atoms with E-state index in [0.29, 0.717) is 30.4 Å². The van der Waals surface area contributed by atoms with Gasteiger partial charge in [-0.25, -0.2) is 9.97 Å². The molecule has 1 fully saturated rings. The molecular weight excluding hydrogens is 504 g/mol. The number of aromatic nitrogens is 2. The number of nitrogens with one attached hydrogen (secondary N) is 1. The van der Waals surface area contributed by atoms with E-state index in [1.165, 1.54) is 6.20 Å². The number of hydrogen-bond donors (Lipinski definition) is 2. The Morgan fingerprint density at radius 2 is 1.93 bits per heavy atom. The van der Waals surface area contributed by atoms with Crippen molar-refractivity contribution in [1.82, 2.24) is 15.3 Å². The first-order valence-electron chi connectivity index (χ1n) is 13.7. The van der Waals surface area contributed by atoms with Crippen LogP contribution in [0.4, 0.5) is 5.82 Å². The molecule has 1 saturated heterocycles. The van der Waals surface area contributed by atoms with E-state index in [4.69, 9.17) is 24.9 Å². The minimum atomic E-state index is -0.142. The number of nitrogens with zero attached hydrogens (tertiary/aromatic N) is 2. The molecule has 1 aliphatic heterocycles. The van der Waals surface area contributed by atoms with Crippen molar-refractivity contribution in [2.24, 2.45) is 5.41 Å². The van der Waals surface area contributed by atoms with Crippen molar-refractivity contribution in [2.45, 2.75) is 45.4 Å². The van der Waals surface area contributed by atoms with Gasteiger partial charge in [0.2, 0.25) is 12.7 Å². The van der Waals surface area contributed by atoms with Crippen molar-refractivity contribution < 1.29 is 19.0 Å². The number of carbonyl (C=O) groups excluding carboxylic acids is 1. The average molecular weight is 541 g/mol. The second-order valence-electron chi connectivity index (χ2n) is 11.0. The first kappa shape index (κ1) is 27.2. The SMILES string of the molecule is CC(C)(CCCCOc1cc(C2C=C3OCOC3=CC2)cc(-c2ccccc2)n1)CNC(=O)c1ccc(N)nc1. The number of hydrogen-bond acceptors (Lipinski definition) is 7. The quantitative estimate of drug-likeness (QED) is 0.288. The van der Waals surface area contributed by atoms with E-state index >= 15 is 0 Å². The van der Waals surface area contributed by atoms with Crippen molar-refractivity contribution in [3.05, 3.63) is 95.6 Å². The highest BCUT2D eigenvalue weighted by atomic mass is 16.7. The minimum Gasteiger partial charge on any atom is -0.478 e. The van der Waals surface area contributed by atoms with Crippen LogP contribution in [-0.4, -0.2) is 35.8 Å². The zero-order chi connectivity index (χ0) is 28.0. The van der Waals surface area contributed by atoms with Gasteiger partial charge in [0.05, 0.1) is 17.9 Å². The van der Waals surface area contributed by atoms with Crippen LogP contribution in [0.1, 0.15) is 61.4 Å². The Bertz CT molecular complexity index is 1380. The van der Waals surface area contributed by atoms with E-state index in [-0.39, 0.29) is 24.0 Å². The summed E-state index contributed by atoms with van der Waals surface area (Å²) in [5.41, 5.74) is 9.13. The molecule has 8 heteroatoms. The summed E-state index contributed by atoms with van der Waals surface area (Å²) in [6.07, 6.45) is 9.35. The number of amides is 1. The lowest BCUT2D eigenvalue weighted by atomic mass is 9.87. The summed E-state index contributed by atoms with van der Waals surface area (Å²) in [5.74, 6) is 2.67. The lowest BCUT2D eigenvalue weighted by molar-refractivity contribution is 0.0933. The molecule has 2 aliphatic rings. The second-order valence-corrected chi connectivity index (χ2v) is 11.0. The smallest absolute Gasteiger partial charge is 0.252 e. The van der Waals surface area contributed by atoms with Crippen LogP contribution in [-0.2, 0) is 9.47 Å². The number of nitrogens with two attached hydrogens (primary N) is 1. The molecule has 0 bridgehead atoms. The van der Waals surface area contributed by atoms with Gasteiger partial charge in [-0.2, -0.15) is 0 Å². The molecular formula is C32H36N4O4. The molecule has 40 heavy (non-hydrogen) atoms. The van der Waals surface area contributed by atoms with E-state index in [1.54, 1.807) is 12.1 Å². The molecule has 1 aliphatic carbocycles. The maximum Gasteiger partial charge on any atom is 0.252 e. The first-order valence-corrected chi connectivity index (χ1v) is 13.7. The lowest BCUT2D eigenvalue weighted by Gasteiger charge is -2.25. The fraction of sp³-hybridized carbons (Fsp3) is 0.344. The Morgan fingerprint density at radius 1 is 1.10 bits per heavy atom. The molecule has 8 nitrogen and oxygen atoms in total. The van der Waals surface area contributed by atoms with Gasteiger partial charge in [0.25, 0.3) is 5.91 Å². The maximum absolute atomic E-state index is 12.4. The molecule has 0 saturated carbocycles. The van der Waals surface area contributed by atoms with Gasteiger partial charge in [0, 0.05) is 30.3 Å². The third-order valence-electron chi connectivity index (χ3n) is 7.18. The maximum atomic E-state index is 12.4. The van der Waals surface area contributed by atoms with Crippen molar-refractivity contribution in [3.8, 4) is 17.1 Å². The Morgan fingerprint density at radius 3 is 2.73 bits per heavy atom. The highest BCUT2D eigenvalue weighted by Gasteiger charge is 2.25. The van der Waals surface area contributed by atoms with Crippen LogP contribution < -0.4 is 15.8 Å². The van der Waals surface area contributed by atoms with E-state index in [2.05, 4.69) is 54.5 Å². The standard InChI is InChI=1S/C32H36N4O4/c1-32(2,20-35-31(37)24-11-13-29(33)34-19-24)14-6-7-15-38-30-18-25(16-26(36-30)22-8-4-3-5-9-22)23-10-12-27-28(17-23)40-21-39-27/h3-5,8-9,11-13,16-19,23H,6-7,10,14-15,20-21H2,1-2H3,(H2,33,34)(H,35,37). The molecule has 1 amide bonds. The number of pyridine rings is 2.